The standard InChI is InChI=1S/C14H15N7O2/c22-13(23)10-4-1-7-20(10)14-17-12(16-11-5-6-15-18-11)9-3-2-8-21(9)19-14/h2-3,5-6,8,10H,1,4,7H2,(H,22,23)(H2,15,16,17,18,19). The van der Waals surface area contributed by atoms with Gasteiger partial charge in [-0.15, -0.1) is 5.10 Å². The Balaban J connectivity index is 1.77. The second-order valence-electron chi connectivity index (χ2n) is 5.37. The first-order valence-electron chi connectivity index (χ1n) is 7.34. The largest absolute Gasteiger partial charge is 0.480 e. The van der Waals surface area contributed by atoms with Crippen LogP contribution in [0.1, 0.15) is 12.8 Å². The Morgan fingerprint density at radius 3 is 3.13 bits per heavy atom. The van der Waals surface area contributed by atoms with Gasteiger partial charge in [0.05, 0.1) is 0 Å². The smallest absolute Gasteiger partial charge is 0.326 e. The van der Waals surface area contributed by atoms with E-state index in [9.17, 15) is 9.90 Å². The fourth-order valence-corrected chi connectivity index (χ4v) is 2.85. The van der Waals surface area contributed by atoms with E-state index in [-0.39, 0.29) is 0 Å². The second kappa shape index (κ2) is 5.27. The summed E-state index contributed by atoms with van der Waals surface area (Å²) in [5.41, 5.74) is 0.794. The zero-order valence-electron chi connectivity index (χ0n) is 12.2. The maximum Gasteiger partial charge on any atom is 0.326 e. The molecule has 9 nitrogen and oxygen atoms in total. The van der Waals surface area contributed by atoms with Crippen molar-refractivity contribution in [3.63, 3.8) is 0 Å². The van der Waals surface area contributed by atoms with Gasteiger partial charge >= 0.3 is 5.97 Å². The summed E-state index contributed by atoms with van der Waals surface area (Å²) in [5.74, 6) is 0.772. The highest BCUT2D eigenvalue weighted by Gasteiger charge is 2.33. The predicted molar refractivity (Wildman–Crippen MR) is 82.9 cm³/mol. The molecule has 1 aliphatic rings. The molecule has 1 unspecified atom stereocenters. The van der Waals surface area contributed by atoms with Gasteiger partial charge in [-0.3, -0.25) is 5.10 Å². The number of hydrogen-bond acceptors (Lipinski definition) is 6. The predicted octanol–water partition coefficient (Wildman–Crippen LogP) is 1.25. The molecule has 1 saturated heterocycles. The second-order valence-corrected chi connectivity index (χ2v) is 5.37. The number of carboxylic acids is 1. The van der Waals surface area contributed by atoms with Crippen LogP contribution in [0.5, 0.6) is 0 Å². The number of rotatable bonds is 4. The first-order chi connectivity index (χ1) is 11.2. The van der Waals surface area contributed by atoms with E-state index in [1.807, 2.05) is 18.3 Å². The van der Waals surface area contributed by atoms with Crippen LogP contribution >= 0.6 is 0 Å². The van der Waals surface area contributed by atoms with Crippen molar-refractivity contribution in [1.82, 2.24) is 24.8 Å². The Labute approximate surface area is 130 Å². The lowest BCUT2D eigenvalue weighted by Gasteiger charge is -2.21. The molecule has 1 aliphatic heterocycles. The molecule has 3 aromatic rings. The van der Waals surface area contributed by atoms with Crippen LogP contribution in [0.4, 0.5) is 17.6 Å². The van der Waals surface area contributed by atoms with Crippen LogP contribution in [0.2, 0.25) is 0 Å². The van der Waals surface area contributed by atoms with Crippen LogP contribution in [0.15, 0.2) is 30.6 Å². The molecule has 4 heterocycles. The third kappa shape index (κ3) is 2.35. The zero-order valence-corrected chi connectivity index (χ0v) is 12.2. The number of aromatic nitrogens is 5. The van der Waals surface area contributed by atoms with Gasteiger partial charge < -0.3 is 15.3 Å². The Hall–Kier alpha value is -3.10. The number of aromatic amines is 1. The van der Waals surface area contributed by atoms with Crippen LogP contribution in [-0.2, 0) is 4.79 Å². The van der Waals surface area contributed by atoms with Crippen LogP contribution in [-0.4, -0.2) is 48.5 Å². The molecule has 0 amide bonds. The summed E-state index contributed by atoms with van der Waals surface area (Å²) in [4.78, 5) is 17.7. The van der Waals surface area contributed by atoms with E-state index in [1.54, 1.807) is 21.7 Å². The summed E-state index contributed by atoms with van der Waals surface area (Å²) in [6, 6.07) is 4.96. The molecule has 1 fully saturated rings. The summed E-state index contributed by atoms with van der Waals surface area (Å²) in [5, 5.41) is 23.7. The monoisotopic (exact) mass is 313 g/mol. The van der Waals surface area contributed by atoms with Gasteiger partial charge in [-0.25, -0.2) is 9.31 Å². The lowest BCUT2D eigenvalue weighted by atomic mass is 10.2. The minimum absolute atomic E-state index is 0.400. The fourth-order valence-electron chi connectivity index (χ4n) is 2.85. The number of aliphatic carboxylic acids is 1. The first kappa shape index (κ1) is 13.6. The summed E-state index contributed by atoms with van der Waals surface area (Å²) < 4.78 is 1.69. The topological polar surface area (TPSA) is 111 Å². The minimum Gasteiger partial charge on any atom is -0.480 e. The van der Waals surface area contributed by atoms with Crippen molar-refractivity contribution >= 4 is 29.1 Å². The van der Waals surface area contributed by atoms with Gasteiger partial charge in [-0.05, 0) is 25.0 Å². The van der Waals surface area contributed by atoms with Gasteiger partial charge in [-0.2, -0.15) is 10.1 Å². The highest BCUT2D eigenvalue weighted by Crippen LogP contribution is 2.26. The summed E-state index contributed by atoms with van der Waals surface area (Å²) in [6.45, 7) is 0.631. The van der Waals surface area contributed by atoms with Crippen LogP contribution in [0.3, 0.4) is 0 Å². The van der Waals surface area contributed by atoms with Crippen LogP contribution < -0.4 is 10.2 Å². The van der Waals surface area contributed by atoms with Gasteiger partial charge in [0.15, 0.2) is 11.6 Å². The maximum absolute atomic E-state index is 11.4. The third-order valence-electron chi connectivity index (χ3n) is 3.92. The first-order valence-corrected chi connectivity index (χ1v) is 7.34. The lowest BCUT2D eigenvalue weighted by Crippen LogP contribution is -2.37. The van der Waals surface area contributed by atoms with E-state index in [4.69, 9.17) is 0 Å². The number of nitrogens with one attached hydrogen (secondary N) is 2. The van der Waals surface area contributed by atoms with E-state index in [2.05, 4.69) is 25.6 Å². The average Bonchev–Trinajstić information content (AvgIpc) is 3.28. The summed E-state index contributed by atoms with van der Waals surface area (Å²) in [7, 11) is 0. The molecule has 0 aromatic carbocycles. The van der Waals surface area contributed by atoms with E-state index in [0.29, 0.717) is 30.5 Å². The molecular formula is C14H15N7O2. The molecule has 0 saturated carbocycles. The number of anilines is 3. The van der Waals surface area contributed by atoms with Crippen LogP contribution in [0, 0.1) is 0 Å². The van der Waals surface area contributed by atoms with Crippen molar-refractivity contribution in [2.45, 2.75) is 18.9 Å². The number of carbonyl (C=O) groups is 1. The van der Waals surface area contributed by atoms with E-state index in [1.165, 1.54) is 0 Å². The lowest BCUT2D eigenvalue weighted by molar-refractivity contribution is -0.138. The molecule has 0 spiro atoms. The fraction of sp³-hybridized carbons (Fsp3) is 0.286. The Kier molecular flexibility index (Phi) is 3.11. The molecule has 23 heavy (non-hydrogen) atoms. The van der Waals surface area contributed by atoms with Crippen molar-refractivity contribution in [2.75, 3.05) is 16.8 Å². The number of carboxylic acid groups (broad SMARTS) is 1. The molecule has 1 atom stereocenters. The number of nitrogens with zero attached hydrogens (tertiary/aromatic N) is 5. The number of hydrogen-bond donors (Lipinski definition) is 3. The molecule has 9 heteroatoms. The Morgan fingerprint density at radius 2 is 2.35 bits per heavy atom. The Bertz CT molecular complexity index is 842. The summed E-state index contributed by atoms with van der Waals surface area (Å²) >= 11 is 0. The van der Waals surface area contributed by atoms with Gasteiger partial charge in [0.25, 0.3) is 0 Å². The molecule has 0 bridgehead atoms. The highest BCUT2D eigenvalue weighted by atomic mass is 16.4. The molecule has 3 N–H and O–H groups in total. The molecule has 4 rings (SSSR count). The van der Waals surface area contributed by atoms with Crippen molar-refractivity contribution in [2.24, 2.45) is 0 Å². The van der Waals surface area contributed by atoms with Crippen molar-refractivity contribution in [3.05, 3.63) is 30.6 Å². The Morgan fingerprint density at radius 1 is 1.43 bits per heavy atom. The van der Waals surface area contributed by atoms with Gasteiger partial charge in [0, 0.05) is 25.0 Å². The van der Waals surface area contributed by atoms with E-state index < -0.39 is 12.0 Å². The maximum atomic E-state index is 11.4. The van der Waals surface area contributed by atoms with Gasteiger partial charge in [0.1, 0.15) is 11.6 Å². The summed E-state index contributed by atoms with van der Waals surface area (Å²) in [6.07, 6.45) is 4.93. The minimum atomic E-state index is -0.847. The molecule has 0 aliphatic carbocycles. The molecular weight excluding hydrogens is 298 g/mol. The third-order valence-corrected chi connectivity index (χ3v) is 3.92. The molecule has 118 valence electrons. The quantitative estimate of drug-likeness (QED) is 0.664. The number of fused-ring (bicyclic) bond motifs is 1. The van der Waals surface area contributed by atoms with Crippen LogP contribution in [0.25, 0.3) is 5.52 Å². The van der Waals surface area contributed by atoms with Crippen molar-refractivity contribution < 1.29 is 9.90 Å². The SMILES string of the molecule is O=C(O)C1CCCN1c1nc(Nc2cc[nH]n2)c2cccn2n1. The normalized spacial score (nSPS) is 17.7. The van der Waals surface area contributed by atoms with Crippen molar-refractivity contribution in [3.8, 4) is 0 Å². The average molecular weight is 313 g/mol. The molecule has 3 aromatic heterocycles. The van der Waals surface area contributed by atoms with E-state index >= 15 is 0 Å². The zero-order chi connectivity index (χ0) is 15.8. The van der Waals surface area contributed by atoms with Gasteiger partial charge in [0.2, 0.25) is 5.95 Å². The van der Waals surface area contributed by atoms with E-state index in [0.717, 1.165) is 11.9 Å². The van der Waals surface area contributed by atoms with Crippen molar-refractivity contribution in [1.29, 1.82) is 0 Å². The molecule has 0 radical (unpaired) electrons. The van der Waals surface area contributed by atoms with Gasteiger partial charge in [-0.1, -0.05) is 0 Å². The highest BCUT2D eigenvalue weighted by molar-refractivity contribution is 5.79. The number of H-pyrrole nitrogens is 1.